The fourth-order valence-electron chi connectivity index (χ4n) is 1.77. The molecule has 2 aromatic rings. The molecule has 0 aliphatic carbocycles. The van der Waals surface area contributed by atoms with Crippen LogP contribution in [0.4, 0.5) is 10.2 Å². The van der Waals surface area contributed by atoms with Crippen LogP contribution >= 0.6 is 27.5 Å². The fourth-order valence-corrected chi connectivity index (χ4v) is 2.39. The highest BCUT2D eigenvalue weighted by Gasteiger charge is 2.14. The lowest BCUT2D eigenvalue weighted by Crippen LogP contribution is -2.07. The van der Waals surface area contributed by atoms with Gasteiger partial charge < -0.3 is 10.1 Å². The van der Waals surface area contributed by atoms with E-state index in [9.17, 15) is 4.39 Å². The van der Waals surface area contributed by atoms with Crippen molar-refractivity contribution in [1.29, 1.82) is 0 Å². The highest BCUT2D eigenvalue weighted by atomic mass is 79.9. The highest BCUT2D eigenvalue weighted by molar-refractivity contribution is 9.10. The Morgan fingerprint density at radius 1 is 1.38 bits per heavy atom. The van der Waals surface area contributed by atoms with Crippen LogP contribution < -0.4 is 5.32 Å². The number of methoxy groups -OCH3 is 1. The molecule has 0 aliphatic rings. The molecule has 0 saturated heterocycles. The summed E-state index contributed by atoms with van der Waals surface area (Å²) in [5, 5.41) is 3.19. The summed E-state index contributed by atoms with van der Waals surface area (Å²) in [6.45, 7) is 3.02. The average molecular weight is 375 g/mol. The summed E-state index contributed by atoms with van der Waals surface area (Å²) in [5.74, 6) is 0.652. The molecule has 4 nitrogen and oxygen atoms in total. The summed E-state index contributed by atoms with van der Waals surface area (Å²) in [4.78, 5) is 8.88. The van der Waals surface area contributed by atoms with Crippen LogP contribution in [0.1, 0.15) is 12.6 Å². The Labute approximate surface area is 135 Å². The Hall–Kier alpha value is -1.24. The number of hydrogen-bond donors (Lipinski definition) is 1. The second-order valence-electron chi connectivity index (χ2n) is 4.25. The van der Waals surface area contributed by atoms with E-state index in [1.54, 1.807) is 13.2 Å². The summed E-state index contributed by atoms with van der Waals surface area (Å²) in [5.41, 5.74) is 1.35. The normalized spacial score (nSPS) is 10.7. The van der Waals surface area contributed by atoms with Crippen LogP contribution in [-0.4, -0.2) is 23.6 Å². The number of nitrogens with zero attached hydrogens (tertiary/aromatic N) is 2. The number of benzene rings is 1. The van der Waals surface area contributed by atoms with Crippen LogP contribution in [0.25, 0.3) is 11.4 Å². The van der Waals surface area contributed by atoms with Crippen molar-refractivity contribution in [2.45, 2.75) is 13.5 Å². The van der Waals surface area contributed by atoms with E-state index in [1.807, 2.05) is 6.92 Å². The van der Waals surface area contributed by atoms with Gasteiger partial charge >= 0.3 is 0 Å². The molecule has 0 fully saturated rings. The molecule has 0 atom stereocenters. The van der Waals surface area contributed by atoms with Crippen molar-refractivity contribution in [2.75, 3.05) is 19.0 Å². The minimum absolute atomic E-state index is 0.0392. The number of rotatable bonds is 5. The van der Waals surface area contributed by atoms with E-state index in [-0.39, 0.29) is 5.02 Å². The van der Waals surface area contributed by atoms with Gasteiger partial charge in [-0.3, -0.25) is 0 Å². The van der Waals surface area contributed by atoms with Gasteiger partial charge in [0, 0.05) is 19.2 Å². The number of anilines is 1. The largest absolute Gasteiger partial charge is 0.378 e. The van der Waals surface area contributed by atoms with Crippen molar-refractivity contribution in [1.82, 2.24) is 9.97 Å². The third kappa shape index (κ3) is 3.70. The highest BCUT2D eigenvalue weighted by Crippen LogP contribution is 2.29. The van der Waals surface area contributed by atoms with E-state index in [4.69, 9.17) is 16.3 Å². The molecule has 0 unspecified atom stereocenters. The molecule has 1 aromatic heterocycles. The smallest absolute Gasteiger partial charge is 0.161 e. The van der Waals surface area contributed by atoms with E-state index in [0.717, 1.165) is 4.47 Å². The first-order valence-electron chi connectivity index (χ1n) is 6.31. The van der Waals surface area contributed by atoms with Gasteiger partial charge in [-0.2, -0.15) is 0 Å². The van der Waals surface area contributed by atoms with E-state index in [1.165, 1.54) is 12.1 Å². The van der Waals surface area contributed by atoms with Crippen molar-refractivity contribution in [2.24, 2.45) is 0 Å². The number of aromatic nitrogens is 2. The molecular weight excluding hydrogens is 361 g/mol. The molecule has 0 amide bonds. The molecule has 0 bridgehead atoms. The lowest BCUT2D eigenvalue weighted by atomic mass is 10.2. The zero-order valence-corrected chi connectivity index (χ0v) is 13.9. The van der Waals surface area contributed by atoms with Crippen LogP contribution in [0.15, 0.2) is 22.7 Å². The van der Waals surface area contributed by atoms with Crippen LogP contribution in [0.5, 0.6) is 0 Å². The quantitative estimate of drug-likeness (QED) is 0.849. The average Bonchev–Trinajstić information content (AvgIpc) is 2.46. The summed E-state index contributed by atoms with van der Waals surface area (Å²) in [6.07, 6.45) is 0. The van der Waals surface area contributed by atoms with E-state index < -0.39 is 5.82 Å². The molecule has 21 heavy (non-hydrogen) atoms. The zero-order valence-electron chi connectivity index (χ0n) is 11.6. The van der Waals surface area contributed by atoms with E-state index in [0.29, 0.717) is 36.1 Å². The van der Waals surface area contributed by atoms with Crippen molar-refractivity contribution in [3.63, 3.8) is 0 Å². The van der Waals surface area contributed by atoms with Crippen molar-refractivity contribution in [3.8, 4) is 11.4 Å². The number of ether oxygens (including phenoxy) is 1. The Morgan fingerprint density at radius 3 is 2.76 bits per heavy atom. The monoisotopic (exact) mass is 373 g/mol. The Balaban J connectivity index is 2.53. The van der Waals surface area contributed by atoms with Gasteiger partial charge in [0.15, 0.2) is 5.82 Å². The van der Waals surface area contributed by atoms with E-state index in [2.05, 4.69) is 31.2 Å². The fraction of sp³-hybridized carbons (Fsp3) is 0.286. The molecule has 0 saturated carbocycles. The number of nitrogens with one attached hydrogen (secondary N) is 1. The molecule has 1 heterocycles. The predicted octanol–water partition coefficient (Wildman–Crippen LogP) is 4.28. The molecule has 0 radical (unpaired) electrons. The zero-order chi connectivity index (χ0) is 15.4. The molecule has 2 rings (SSSR count). The lowest BCUT2D eigenvalue weighted by molar-refractivity contribution is 0.181. The summed E-state index contributed by atoms with van der Waals surface area (Å²) < 4.78 is 19.2. The third-order valence-electron chi connectivity index (χ3n) is 2.72. The number of halogens is 3. The lowest BCUT2D eigenvalue weighted by Gasteiger charge is -2.12. The summed E-state index contributed by atoms with van der Waals surface area (Å²) in [7, 11) is 1.59. The first kappa shape index (κ1) is 16.1. The first-order chi connectivity index (χ1) is 10.1. The van der Waals surface area contributed by atoms with Gasteiger partial charge in [0.05, 0.1) is 21.8 Å². The molecule has 1 aromatic carbocycles. The van der Waals surface area contributed by atoms with Gasteiger partial charge in [0.25, 0.3) is 0 Å². The molecule has 112 valence electrons. The standard InChI is InChI=1S/C14H14BrClFN3O/c1-3-18-14-12(15)11(7-21-2)19-13(20-14)8-4-5-10(17)9(16)6-8/h4-6H,3,7H2,1-2H3,(H,18,19,20). The molecule has 0 aliphatic heterocycles. The second kappa shape index (κ2) is 7.15. The van der Waals surface area contributed by atoms with Gasteiger partial charge in [-0.1, -0.05) is 11.6 Å². The van der Waals surface area contributed by atoms with Gasteiger partial charge in [0.2, 0.25) is 0 Å². The maximum atomic E-state index is 13.3. The van der Waals surface area contributed by atoms with E-state index >= 15 is 0 Å². The Kier molecular flexibility index (Phi) is 5.50. The molecular formula is C14H14BrClFN3O. The third-order valence-corrected chi connectivity index (χ3v) is 3.85. The van der Waals surface area contributed by atoms with Crippen LogP contribution in [0, 0.1) is 5.82 Å². The first-order valence-corrected chi connectivity index (χ1v) is 7.48. The Bertz CT molecular complexity index is 627. The number of hydrogen-bond acceptors (Lipinski definition) is 4. The van der Waals surface area contributed by atoms with Gasteiger partial charge in [0.1, 0.15) is 11.6 Å². The topological polar surface area (TPSA) is 47.0 Å². The maximum absolute atomic E-state index is 13.3. The minimum Gasteiger partial charge on any atom is -0.378 e. The van der Waals surface area contributed by atoms with Crippen LogP contribution in [0.3, 0.4) is 0 Å². The van der Waals surface area contributed by atoms with Crippen molar-refractivity contribution < 1.29 is 9.13 Å². The Morgan fingerprint density at radius 2 is 2.14 bits per heavy atom. The SMILES string of the molecule is CCNc1nc(-c2ccc(F)c(Cl)c2)nc(COC)c1Br. The van der Waals surface area contributed by atoms with Gasteiger partial charge in [-0.15, -0.1) is 0 Å². The predicted molar refractivity (Wildman–Crippen MR) is 85.0 cm³/mol. The molecule has 1 N–H and O–H groups in total. The van der Waals surface area contributed by atoms with Crippen molar-refractivity contribution in [3.05, 3.63) is 39.2 Å². The summed E-state index contributed by atoms with van der Waals surface area (Å²) in [6, 6.07) is 4.40. The molecule has 0 spiro atoms. The summed E-state index contributed by atoms with van der Waals surface area (Å²) >= 11 is 9.28. The maximum Gasteiger partial charge on any atom is 0.161 e. The van der Waals surface area contributed by atoms with Crippen LogP contribution in [0.2, 0.25) is 5.02 Å². The minimum atomic E-state index is -0.471. The van der Waals surface area contributed by atoms with Gasteiger partial charge in [-0.25, -0.2) is 14.4 Å². The molecule has 7 heteroatoms. The van der Waals surface area contributed by atoms with Crippen LogP contribution in [-0.2, 0) is 11.3 Å². The van der Waals surface area contributed by atoms with Gasteiger partial charge in [-0.05, 0) is 41.1 Å². The van der Waals surface area contributed by atoms with Crippen molar-refractivity contribution >= 4 is 33.3 Å². The second-order valence-corrected chi connectivity index (χ2v) is 5.45.